The zero-order valence-corrected chi connectivity index (χ0v) is 15.4. The molecule has 0 aromatic heterocycles. The number of hydrogen-bond donors (Lipinski definition) is 3. The van der Waals surface area contributed by atoms with Crippen LogP contribution >= 0.6 is 12.4 Å². The number of halogens is 1. The number of unbranched alkanes of at least 4 members (excludes halogenated alkanes) is 1. The zero-order chi connectivity index (χ0) is 16.8. The average Bonchev–Trinajstić information content (AvgIpc) is 2.44. The van der Waals surface area contributed by atoms with Gasteiger partial charge in [-0.1, -0.05) is 25.8 Å². The van der Waals surface area contributed by atoms with Crippen LogP contribution in [0.2, 0.25) is 0 Å². The molecule has 0 spiro atoms. The van der Waals surface area contributed by atoms with Crippen molar-refractivity contribution in [3.05, 3.63) is 29.3 Å². The van der Waals surface area contributed by atoms with Crippen molar-refractivity contribution in [2.75, 3.05) is 17.5 Å². The van der Waals surface area contributed by atoms with Gasteiger partial charge in [-0.3, -0.25) is 9.52 Å². The van der Waals surface area contributed by atoms with E-state index in [9.17, 15) is 13.2 Å². The molecule has 0 saturated carbocycles. The summed E-state index contributed by atoms with van der Waals surface area (Å²) in [5, 5.41) is 2.89. The molecule has 0 aliphatic rings. The van der Waals surface area contributed by atoms with Crippen molar-refractivity contribution < 1.29 is 13.2 Å². The Bertz CT molecular complexity index is 620. The Morgan fingerprint density at radius 2 is 2.00 bits per heavy atom. The second-order valence-corrected chi connectivity index (χ2v) is 7.20. The van der Waals surface area contributed by atoms with Crippen molar-refractivity contribution in [1.29, 1.82) is 0 Å². The lowest BCUT2D eigenvalue weighted by Crippen LogP contribution is -2.40. The number of sulfonamides is 1. The van der Waals surface area contributed by atoms with Crippen LogP contribution in [0.3, 0.4) is 0 Å². The molecule has 6 nitrogen and oxygen atoms in total. The van der Waals surface area contributed by atoms with Crippen LogP contribution in [0.15, 0.2) is 18.2 Å². The second kappa shape index (κ2) is 9.75. The molecule has 1 unspecified atom stereocenters. The first-order chi connectivity index (χ1) is 10.3. The van der Waals surface area contributed by atoms with Crippen LogP contribution in [0.4, 0.5) is 5.69 Å². The maximum atomic E-state index is 12.3. The van der Waals surface area contributed by atoms with E-state index < -0.39 is 10.0 Å². The standard InChI is InChI=1S/C15H25N3O3S.ClH/c1-4-5-6-13(10-16)17-15(19)12-8-7-11(2)14(9-12)18-22(3,20)21;/h7-9,13,18H,4-6,10,16H2,1-3H3,(H,17,19);1H. The summed E-state index contributed by atoms with van der Waals surface area (Å²) in [7, 11) is -3.38. The van der Waals surface area contributed by atoms with E-state index in [1.54, 1.807) is 25.1 Å². The van der Waals surface area contributed by atoms with Gasteiger partial charge in [0.05, 0.1) is 11.9 Å². The van der Waals surface area contributed by atoms with E-state index in [4.69, 9.17) is 5.73 Å². The SMILES string of the molecule is CCCCC(CN)NC(=O)c1ccc(C)c(NS(C)(=O)=O)c1.Cl. The van der Waals surface area contributed by atoms with Gasteiger partial charge in [0, 0.05) is 18.2 Å². The Morgan fingerprint density at radius 3 is 2.52 bits per heavy atom. The molecule has 1 amide bonds. The first-order valence-corrected chi connectivity index (χ1v) is 9.25. The summed E-state index contributed by atoms with van der Waals surface area (Å²) in [4.78, 5) is 12.3. The number of amides is 1. The van der Waals surface area contributed by atoms with Gasteiger partial charge in [-0.2, -0.15) is 0 Å². The van der Waals surface area contributed by atoms with Crippen LogP contribution in [-0.4, -0.2) is 33.2 Å². The number of carbonyl (C=O) groups excluding carboxylic acids is 1. The monoisotopic (exact) mass is 363 g/mol. The predicted octanol–water partition coefficient (Wildman–Crippen LogP) is 2.04. The molecule has 1 rings (SSSR count). The summed E-state index contributed by atoms with van der Waals surface area (Å²) in [5.41, 5.74) is 7.24. The smallest absolute Gasteiger partial charge is 0.251 e. The van der Waals surface area contributed by atoms with E-state index in [-0.39, 0.29) is 24.4 Å². The molecule has 1 aromatic carbocycles. The van der Waals surface area contributed by atoms with E-state index in [2.05, 4.69) is 17.0 Å². The minimum atomic E-state index is -3.38. The largest absolute Gasteiger partial charge is 0.348 e. The highest BCUT2D eigenvalue weighted by atomic mass is 35.5. The third kappa shape index (κ3) is 7.67. The molecule has 0 aliphatic carbocycles. The Labute approximate surface area is 144 Å². The lowest BCUT2D eigenvalue weighted by atomic mass is 10.1. The molecule has 23 heavy (non-hydrogen) atoms. The Hall–Kier alpha value is -1.31. The molecule has 0 saturated heterocycles. The molecule has 0 radical (unpaired) electrons. The van der Waals surface area contributed by atoms with Gasteiger partial charge >= 0.3 is 0 Å². The van der Waals surface area contributed by atoms with Crippen LogP contribution in [0, 0.1) is 6.92 Å². The number of anilines is 1. The van der Waals surface area contributed by atoms with Gasteiger partial charge in [-0.25, -0.2) is 8.42 Å². The van der Waals surface area contributed by atoms with Crippen LogP contribution in [0.1, 0.15) is 42.1 Å². The van der Waals surface area contributed by atoms with Gasteiger partial charge in [0.2, 0.25) is 10.0 Å². The third-order valence-electron chi connectivity index (χ3n) is 3.32. The molecule has 8 heteroatoms. The quantitative estimate of drug-likeness (QED) is 0.657. The van der Waals surface area contributed by atoms with Gasteiger partial charge < -0.3 is 11.1 Å². The first-order valence-electron chi connectivity index (χ1n) is 7.36. The average molecular weight is 364 g/mol. The molecule has 132 valence electrons. The highest BCUT2D eigenvalue weighted by Gasteiger charge is 2.14. The lowest BCUT2D eigenvalue weighted by Gasteiger charge is -2.17. The van der Waals surface area contributed by atoms with Crippen LogP contribution in [0.5, 0.6) is 0 Å². The summed E-state index contributed by atoms with van der Waals surface area (Å²) in [6.45, 7) is 4.24. The number of aryl methyl sites for hydroxylation is 1. The minimum Gasteiger partial charge on any atom is -0.348 e. The number of carbonyl (C=O) groups is 1. The normalized spacial score (nSPS) is 12.2. The van der Waals surface area contributed by atoms with Gasteiger partial charge in [-0.05, 0) is 31.0 Å². The van der Waals surface area contributed by atoms with Gasteiger partial charge in [0.1, 0.15) is 0 Å². The van der Waals surface area contributed by atoms with Gasteiger partial charge in [0.15, 0.2) is 0 Å². The van der Waals surface area contributed by atoms with Crippen molar-refractivity contribution in [3.8, 4) is 0 Å². The Morgan fingerprint density at radius 1 is 1.35 bits per heavy atom. The summed E-state index contributed by atoms with van der Waals surface area (Å²) >= 11 is 0. The summed E-state index contributed by atoms with van der Waals surface area (Å²) < 4.78 is 25.1. The molecule has 0 aliphatic heterocycles. The van der Waals surface area contributed by atoms with Crippen LogP contribution < -0.4 is 15.8 Å². The number of nitrogens with two attached hydrogens (primary N) is 1. The molecule has 4 N–H and O–H groups in total. The molecule has 0 heterocycles. The molecule has 1 atom stereocenters. The van der Waals surface area contributed by atoms with Crippen molar-refractivity contribution in [2.45, 2.75) is 39.2 Å². The highest BCUT2D eigenvalue weighted by Crippen LogP contribution is 2.18. The van der Waals surface area contributed by atoms with E-state index >= 15 is 0 Å². The van der Waals surface area contributed by atoms with Gasteiger partial charge in [0.25, 0.3) is 5.91 Å². The molecule has 1 aromatic rings. The summed E-state index contributed by atoms with van der Waals surface area (Å²) in [6.07, 6.45) is 3.95. The van der Waals surface area contributed by atoms with E-state index in [0.717, 1.165) is 31.1 Å². The topological polar surface area (TPSA) is 101 Å². The fourth-order valence-electron chi connectivity index (χ4n) is 2.04. The Kier molecular flexibility index (Phi) is 9.19. The van der Waals surface area contributed by atoms with Crippen LogP contribution in [-0.2, 0) is 10.0 Å². The number of hydrogen-bond acceptors (Lipinski definition) is 4. The number of rotatable bonds is 8. The molecular weight excluding hydrogens is 338 g/mol. The van der Waals surface area contributed by atoms with Crippen molar-refractivity contribution >= 4 is 34.0 Å². The molecule has 0 fully saturated rings. The lowest BCUT2D eigenvalue weighted by molar-refractivity contribution is 0.0936. The maximum absolute atomic E-state index is 12.3. The maximum Gasteiger partial charge on any atom is 0.251 e. The van der Waals surface area contributed by atoms with Crippen molar-refractivity contribution in [3.63, 3.8) is 0 Å². The minimum absolute atomic E-state index is 0. The Balaban J connectivity index is 0.00000484. The van der Waals surface area contributed by atoms with Crippen molar-refractivity contribution in [1.82, 2.24) is 5.32 Å². The van der Waals surface area contributed by atoms with Crippen LogP contribution in [0.25, 0.3) is 0 Å². The predicted molar refractivity (Wildman–Crippen MR) is 96.7 cm³/mol. The summed E-state index contributed by atoms with van der Waals surface area (Å²) in [6, 6.07) is 4.86. The number of nitrogens with one attached hydrogen (secondary N) is 2. The zero-order valence-electron chi connectivity index (χ0n) is 13.8. The fraction of sp³-hybridized carbons (Fsp3) is 0.533. The van der Waals surface area contributed by atoms with E-state index in [0.29, 0.717) is 17.8 Å². The van der Waals surface area contributed by atoms with E-state index in [1.807, 2.05) is 0 Å². The van der Waals surface area contributed by atoms with Crippen molar-refractivity contribution in [2.24, 2.45) is 5.73 Å². The summed E-state index contributed by atoms with van der Waals surface area (Å²) in [5.74, 6) is -0.247. The number of benzene rings is 1. The van der Waals surface area contributed by atoms with E-state index in [1.165, 1.54) is 0 Å². The van der Waals surface area contributed by atoms with Gasteiger partial charge in [-0.15, -0.1) is 12.4 Å². The molecule has 0 bridgehead atoms. The second-order valence-electron chi connectivity index (χ2n) is 5.45. The highest BCUT2D eigenvalue weighted by molar-refractivity contribution is 7.92. The third-order valence-corrected chi connectivity index (χ3v) is 3.91. The molecular formula is C15H26ClN3O3S. The first kappa shape index (κ1) is 21.7. The fourth-order valence-corrected chi connectivity index (χ4v) is 2.66.